The van der Waals surface area contributed by atoms with E-state index in [0.717, 1.165) is 10.0 Å². The van der Waals surface area contributed by atoms with Crippen molar-refractivity contribution < 1.29 is 4.42 Å². The van der Waals surface area contributed by atoms with Gasteiger partial charge in [-0.1, -0.05) is 57.9 Å². The molecular formula is C23H12BrClN2O2. The van der Waals surface area contributed by atoms with Crippen molar-refractivity contribution in [1.82, 2.24) is 9.97 Å². The van der Waals surface area contributed by atoms with Crippen LogP contribution in [-0.2, 0) is 0 Å². The lowest BCUT2D eigenvalue weighted by Crippen LogP contribution is -2.06. The van der Waals surface area contributed by atoms with E-state index >= 15 is 0 Å². The molecule has 0 aliphatic rings. The number of hydrogen-bond donors (Lipinski definition) is 0. The Morgan fingerprint density at radius 3 is 2.28 bits per heavy atom. The lowest BCUT2D eigenvalue weighted by Gasteiger charge is -2.10. The van der Waals surface area contributed by atoms with Gasteiger partial charge in [0.05, 0.1) is 16.6 Å². The molecule has 5 rings (SSSR count). The number of aromatic nitrogens is 2. The molecule has 29 heavy (non-hydrogen) atoms. The first-order valence-corrected chi connectivity index (χ1v) is 10.0. The largest absolute Gasteiger partial charge is 0.403 e. The highest BCUT2D eigenvalue weighted by Gasteiger charge is 2.17. The van der Waals surface area contributed by atoms with Crippen LogP contribution >= 0.6 is 27.5 Å². The van der Waals surface area contributed by atoms with Gasteiger partial charge >= 0.3 is 5.63 Å². The molecule has 5 aromatic rings. The smallest absolute Gasteiger partial charge is 0.347 e. The minimum Gasteiger partial charge on any atom is -0.403 e. The Balaban J connectivity index is 1.89. The molecule has 4 nitrogen and oxygen atoms in total. The molecule has 140 valence electrons. The number of halogens is 2. The molecule has 0 unspecified atom stereocenters. The third kappa shape index (κ3) is 3.22. The summed E-state index contributed by atoms with van der Waals surface area (Å²) in [5.41, 5.74) is 2.94. The van der Waals surface area contributed by atoms with Crippen LogP contribution in [0.3, 0.4) is 0 Å². The summed E-state index contributed by atoms with van der Waals surface area (Å²) in [6, 6.07) is 22.3. The van der Waals surface area contributed by atoms with Crippen LogP contribution in [0.25, 0.3) is 44.5 Å². The molecule has 0 saturated heterocycles. The van der Waals surface area contributed by atoms with E-state index in [1.54, 1.807) is 24.3 Å². The normalized spacial score (nSPS) is 11.2. The van der Waals surface area contributed by atoms with E-state index in [-0.39, 0.29) is 5.89 Å². The summed E-state index contributed by atoms with van der Waals surface area (Å²) < 4.78 is 6.55. The Kier molecular flexibility index (Phi) is 4.42. The van der Waals surface area contributed by atoms with Gasteiger partial charge in [0.25, 0.3) is 0 Å². The highest BCUT2D eigenvalue weighted by Crippen LogP contribution is 2.32. The van der Waals surface area contributed by atoms with Crippen molar-refractivity contribution in [2.24, 2.45) is 0 Å². The fraction of sp³-hybridized carbons (Fsp3) is 0. The summed E-state index contributed by atoms with van der Waals surface area (Å²) in [5, 5.41) is 1.73. The molecule has 3 aromatic carbocycles. The van der Waals surface area contributed by atoms with E-state index in [1.807, 2.05) is 48.5 Å². The van der Waals surface area contributed by atoms with Gasteiger partial charge in [-0.3, -0.25) is 0 Å². The molecule has 0 saturated carbocycles. The zero-order valence-electron chi connectivity index (χ0n) is 14.9. The quantitative estimate of drug-likeness (QED) is 0.281. The predicted molar refractivity (Wildman–Crippen MR) is 119 cm³/mol. The molecule has 0 aliphatic carbocycles. The van der Waals surface area contributed by atoms with E-state index in [9.17, 15) is 4.79 Å². The number of hydrogen-bond acceptors (Lipinski definition) is 4. The number of fused-ring (bicyclic) bond motifs is 3. The van der Waals surface area contributed by atoms with Crippen molar-refractivity contribution in [3.8, 4) is 22.7 Å². The van der Waals surface area contributed by atoms with Crippen LogP contribution in [0.15, 0.2) is 86.5 Å². The topological polar surface area (TPSA) is 56.0 Å². The van der Waals surface area contributed by atoms with Crippen molar-refractivity contribution in [1.29, 1.82) is 0 Å². The summed E-state index contributed by atoms with van der Waals surface area (Å²) in [5.74, 6) is 0.231. The minimum atomic E-state index is -0.447. The maximum Gasteiger partial charge on any atom is 0.347 e. The Morgan fingerprint density at radius 2 is 1.52 bits per heavy atom. The predicted octanol–water partition coefficient (Wildman–Crippen LogP) is 6.49. The Labute approximate surface area is 178 Å². The average Bonchev–Trinajstić information content (AvgIpc) is 2.74. The molecule has 0 radical (unpaired) electrons. The zero-order valence-corrected chi connectivity index (χ0v) is 17.2. The van der Waals surface area contributed by atoms with Crippen molar-refractivity contribution >= 4 is 49.3 Å². The van der Waals surface area contributed by atoms with Crippen LogP contribution in [0.4, 0.5) is 0 Å². The maximum atomic E-state index is 13.0. The fourth-order valence-electron chi connectivity index (χ4n) is 3.31. The summed E-state index contributed by atoms with van der Waals surface area (Å²) in [6.07, 6.45) is 0. The Bertz CT molecular complexity index is 1430. The molecule has 0 fully saturated rings. The number of nitrogens with zero attached hydrogens (tertiary/aromatic N) is 2. The number of pyridine rings is 1. The van der Waals surface area contributed by atoms with E-state index in [0.29, 0.717) is 38.1 Å². The SMILES string of the molecule is O=c1oc(-c2ccc(Cl)cc2)nc2c(-c3ccc(Br)cc3)nc3ccccc3c12. The van der Waals surface area contributed by atoms with E-state index in [1.165, 1.54) is 0 Å². The van der Waals surface area contributed by atoms with Crippen LogP contribution in [-0.4, -0.2) is 9.97 Å². The van der Waals surface area contributed by atoms with Gasteiger partial charge in [0.1, 0.15) is 5.52 Å². The second-order valence-electron chi connectivity index (χ2n) is 6.52. The van der Waals surface area contributed by atoms with Crippen molar-refractivity contribution in [2.75, 3.05) is 0 Å². The van der Waals surface area contributed by atoms with E-state index in [2.05, 4.69) is 15.9 Å². The van der Waals surface area contributed by atoms with Gasteiger partial charge in [-0.2, -0.15) is 0 Å². The van der Waals surface area contributed by atoms with Crippen molar-refractivity contribution in [3.63, 3.8) is 0 Å². The van der Waals surface area contributed by atoms with Gasteiger partial charge in [0.15, 0.2) is 0 Å². The second-order valence-corrected chi connectivity index (χ2v) is 7.87. The molecule has 0 spiro atoms. The molecule has 0 atom stereocenters. The first kappa shape index (κ1) is 18.0. The Hall–Kier alpha value is -3.02. The molecule has 6 heteroatoms. The van der Waals surface area contributed by atoms with Gasteiger partial charge in [-0.25, -0.2) is 14.8 Å². The third-order valence-electron chi connectivity index (χ3n) is 4.68. The molecule has 2 heterocycles. The maximum absolute atomic E-state index is 13.0. The number of benzene rings is 3. The molecule has 0 bridgehead atoms. The van der Waals surface area contributed by atoms with Gasteiger partial charge in [0.2, 0.25) is 5.89 Å². The van der Waals surface area contributed by atoms with Crippen LogP contribution in [0.1, 0.15) is 0 Å². The average molecular weight is 464 g/mol. The van der Waals surface area contributed by atoms with Gasteiger partial charge in [-0.15, -0.1) is 0 Å². The summed E-state index contributed by atoms with van der Waals surface area (Å²) in [4.78, 5) is 22.5. The molecular weight excluding hydrogens is 452 g/mol. The summed E-state index contributed by atoms with van der Waals surface area (Å²) in [7, 11) is 0. The van der Waals surface area contributed by atoms with Crippen LogP contribution in [0, 0.1) is 0 Å². The molecule has 0 N–H and O–H groups in total. The highest BCUT2D eigenvalue weighted by molar-refractivity contribution is 9.10. The van der Waals surface area contributed by atoms with E-state index < -0.39 is 5.63 Å². The lowest BCUT2D eigenvalue weighted by atomic mass is 10.0. The van der Waals surface area contributed by atoms with E-state index in [4.69, 9.17) is 26.0 Å². The van der Waals surface area contributed by atoms with Crippen LogP contribution < -0.4 is 5.63 Å². The summed E-state index contributed by atoms with van der Waals surface area (Å²) >= 11 is 9.44. The monoisotopic (exact) mass is 462 g/mol. The molecule has 0 aliphatic heterocycles. The first-order chi connectivity index (χ1) is 14.1. The molecule has 2 aromatic heterocycles. The van der Waals surface area contributed by atoms with Gasteiger partial charge in [-0.05, 0) is 42.5 Å². The first-order valence-electron chi connectivity index (χ1n) is 8.85. The third-order valence-corrected chi connectivity index (χ3v) is 5.46. The van der Waals surface area contributed by atoms with Crippen LogP contribution in [0.5, 0.6) is 0 Å². The number of para-hydroxylation sites is 1. The minimum absolute atomic E-state index is 0.231. The standard InChI is InChI=1S/C23H12BrClN2O2/c24-15-9-5-13(6-10-15)20-21-19(17-3-1-2-4-18(17)26-20)23(28)29-22(27-21)14-7-11-16(25)12-8-14/h1-12H. The highest BCUT2D eigenvalue weighted by atomic mass is 79.9. The van der Waals surface area contributed by atoms with Crippen LogP contribution in [0.2, 0.25) is 5.02 Å². The zero-order chi connectivity index (χ0) is 20.0. The fourth-order valence-corrected chi connectivity index (χ4v) is 3.70. The second kappa shape index (κ2) is 7.10. The van der Waals surface area contributed by atoms with Gasteiger partial charge < -0.3 is 4.42 Å². The Morgan fingerprint density at radius 1 is 0.828 bits per heavy atom. The summed E-state index contributed by atoms with van der Waals surface area (Å²) in [6.45, 7) is 0. The van der Waals surface area contributed by atoms with Crippen molar-refractivity contribution in [3.05, 3.63) is 92.7 Å². The number of rotatable bonds is 2. The molecule has 0 amide bonds. The van der Waals surface area contributed by atoms with Gasteiger partial charge in [0, 0.05) is 26.0 Å². The lowest BCUT2D eigenvalue weighted by molar-refractivity contribution is 0.519. The van der Waals surface area contributed by atoms with Crippen molar-refractivity contribution in [2.45, 2.75) is 0 Å².